The van der Waals surface area contributed by atoms with Gasteiger partial charge in [-0.25, -0.2) is 4.79 Å². The van der Waals surface area contributed by atoms with Gasteiger partial charge in [0.05, 0.1) is 13.7 Å². The number of fused-ring (bicyclic) bond motifs is 1. The molecule has 1 aliphatic heterocycles. The number of hydrogen-bond acceptors (Lipinski definition) is 3. The summed E-state index contributed by atoms with van der Waals surface area (Å²) < 4.78 is 10.7. The molecule has 0 radical (unpaired) electrons. The van der Waals surface area contributed by atoms with E-state index in [1.165, 1.54) is 5.56 Å². The minimum Gasteiger partial charge on any atom is -0.497 e. The molecule has 2 aromatic carbocycles. The van der Waals surface area contributed by atoms with Crippen LogP contribution in [0.1, 0.15) is 18.1 Å². The van der Waals surface area contributed by atoms with Crippen LogP contribution in [0.5, 0.6) is 11.5 Å². The standard InChI is InChI=1S/C19H22N2O3/c1-3-24-18-8-7-14-9-10-21(13-15(14)11-18)19(22)20-16-5-4-6-17(12-16)23-2/h4-8,11-12H,3,9-10,13H2,1-2H3,(H,20,22). The van der Waals surface area contributed by atoms with E-state index in [0.29, 0.717) is 19.7 Å². The predicted molar refractivity (Wildman–Crippen MR) is 93.7 cm³/mol. The highest BCUT2D eigenvalue weighted by Crippen LogP contribution is 2.25. The lowest BCUT2D eigenvalue weighted by atomic mass is 10.00. The van der Waals surface area contributed by atoms with Crippen molar-refractivity contribution in [2.45, 2.75) is 19.9 Å². The molecule has 0 atom stereocenters. The fourth-order valence-electron chi connectivity index (χ4n) is 2.87. The maximum Gasteiger partial charge on any atom is 0.322 e. The van der Waals surface area contributed by atoms with E-state index >= 15 is 0 Å². The number of hydrogen-bond donors (Lipinski definition) is 1. The van der Waals surface area contributed by atoms with E-state index in [4.69, 9.17) is 9.47 Å². The van der Waals surface area contributed by atoms with Crippen LogP contribution < -0.4 is 14.8 Å². The molecule has 2 amide bonds. The van der Waals surface area contributed by atoms with E-state index in [1.54, 1.807) is 7.11 Å². The molecule has 0 saturated carbocycles. The average molecular weight is 326 g/mol. The summed E-state index contributed by atoms with van der Waals surface area (Å²) in [7, 11) is 1.61. The smallest absolute Gasteiger partial charge is 0.322 e. The summed E-state index contributed by atoms with van der Waals surface area (Å²) in [6, 6.07) is 13.4. The van der Waals surface area contributed by atoms with Gasteiger partial charge in [0.2, 0.25) is 0 Å². The minimum atomic E-state index is -0.101. The van der Waals surface area contributed by atoms with Gasteiger partial charge in [0.1, 0.15) is 11.5 Å². The fraction of sp³-hybridized carbons (Fsp3) is 0.316. The number of methoxy groups -OCH3 is 1. The molecule has 1 N–H and O–H groups in total. The third-order valence-electron chi connectivity index (χ3n) is 4.11. The Balaban J connectivity index is 1.69. The molecule has 0 aromatic heterocycles. The number of anilines is 1. The van der Waals surface area contributed by atoms with E-state index in [0.717, 1.165) is 29.2 Å². The van der Waals surface area contributed by atoms with Crippen molar-refractivity contribution in [1.82, 2.24) is 4.90 Å². The quantitative estimate of drug-likeness (QED) is 0.932. The fourth-order valence-corrected chi connectivity index (χ4v) is 2.87. The Kier molecular flexibility index (Phi) is 4.89. The van der Waals surface area contributed by atoms with E-state index in [2.05, 4.69) is 11.4 Å². The Morgan fingerprint density at radius 2 is 2.04 bits per heavy atom. The lowest BCUT2D eigenvalue weighted by molar-refractivity contribution is 0.206. The Hall–Kier alpha value is -2.69. The van der Waals surface area contributed by atoms with Crippen molar-refractivity contribution in [3.8, 4) is 11.5 Å². The van der Waals surface area contributed by atoms with Crippen molar-refractivity contribution in [3.05, 3.63) is 53.6 Å². The van der Waals surface area contributed by atoms with Crippen LogP contribution in [0.25, 0.3) is 0 Å². The van der Waals surface area contributed by atoms with Crippen LogP contribution in [0.4, 0.5) is 10.5 Å². The van der Waals surface area contributed by atoms with Gasteiger partial charge in [0, 0.05) is 24.8 Å². The number of nitrogens with zero attached hydrogens (tertiary/aromatic N) is 1. The number of rotatable bonds is 4. The van der Waals surface area contributed by atoms with Crippen LogP contribution in [0.3, 0.4) is 0 Å². The van der Waals surface area contributed by atoms with E-state index in [9.17, 15) is 4.79 Å². The number of ether oxygens (including phenoxy) is 2. The van der Waals surface area contributed by atoms with Crippen LogP contribution in [0.2, 0.25) is 0 Å². The second-order valence-electron chi connectivity index (χ2n) is 5.70. The molecule has 24 heavy (non-hydrogen) atoms. The molecule has 126 valence electrons. The third kappa shape index (κ3) is 3.62. The highest BCUT2D eigenvalue weighted by atomic mass is 16.5. The summed E-state index contributed by atoms with van der Waals surface area (Å²) in [5, 5.41) is 2.93. The van der Waals surface area contributed by atoms with Crippen LogP contribution in [-0.2, 0) is 13.0 Å². The predicted octanol–water partition coefficient (Wildman–Crippen LogP) is 3.68. The van der Waals surface area contributed by atoms with Gasteiger partial charge >= 0.3 is 6.03 Å². The lowest BCUT2D eigenvalue weighted by Gasteiger charge is -2.29. The van der Waals surface area contributed by atoms with Crippen molar-refractivity contribution in [1.29, 1.82) is 0 Å². The Morgan fingerprint density at radius 3 is 2.83 bits per heavy atom. The molecule has 0 aliphatic carbocycles. The molecule has 5 nitrogen and oxygen atoms in total. The number of amides is 2. The molecule has 0 spiro atoms. The van der Waals surface area contributed by atoms with Crippen molar-refractivity contribution < 1.29 is 14.3 Å². The first kappa shape index (κ1) is 16.2. The topological polar surface area (TPSA) is 50.8 Å². The van der Waals surface area contributed by atoms with Crippen LogP contribution in [0, 0.1) is 0 Å². The summed E-state index contributed by atoms with van der Waals surface area (Å²) in [6.45, 7) is 3.90. The normalized spacial score (nSPS) is 13.2. The highest BCUT2D eigenvalue weighted by Gasteiger charge is 2.21. The Labute approximate surface area is 142 Å². The summed E-state index contributed by atoms with van der Waals surface area (Å²) in [4.78, 5) is 14.3. The van der Waals surface area contributed by atoms with Crippen LogP contribution in [-0.4, -0.2) is 31.2 Å². The van der Waals surface area contributed by atoms with Gasteiger partial charge in [-0.15, -0.1) is 0 Å². The van der Waals surface area contributed by atoms with E-state index in [1.807, 2.05) is 48.2 Å². The molecule has 2 aromatic rings. The van der Waals surface area contributed by atoms with Gasteiger partial charge in [-0.2, -0.15) is 0 Å². The molecule has 5 heteroatoms. The number of benzene rings is 2. The number of urea groups is 1. The zero-order chi connectivity index (χ0) is 16.9. The Bertz CT molecular complexity index is 730. The average Bonchev–Trinajstić information content (AvgIpc) is 2.61. The van der Waals surface area contributed by atoms with Gasteiger partial charge < -0.3 is 19.7 Å². The highest BCUT2D eigenvalue weighted by molar-refractivity contribution is 5.89. The largest absolute Gasteiger partial charge is 0.497 e. The summed E-state index contributed by atoms with van der Waals surface area (Å²) in [6.07, 6.45) is 0.854. The number of carbonyl (C=O) groups is 1. The molecule has 0 unspecified atom stereocenters. The van der Waals surface area contributed by atoms with Gasteiger partial charge in [0.25, 0.3) is 0 Å². The SMILES string of the molecule is CCOc1ccc2c(c1)CN(C(=O)Nc1cccc(OC)c1)CC2. The van der Waals surface area contributed by atoms with Crippen molar-refractivity contribution in [3.63, 3.8) is 0 Å². The summed E-state index contributed by atoms with van der Waals surface area (Å²) >= 11 is 0. The van der Waals surface area contributed by atoms with Gasteiger partial charge in [-0.1, -0.05) is 12.1 Å². The van der Waals surface area contributed by atoms with Crippen molar-refractivity contribution in [2.24, 2.45) is 0 Å². The maximum absolute atomic E-state index is 12.5. The molecule has 0 fully saturated rings. The van der Waals surface area contributed by atoms with Gasteiger partial charge in [-0.3, -0.25) is 0 Å². The lowest BCUT2D eigenvalue weighted by Crippen LogP contribution is -2.38. The zero-order valence-electron chi connectivity index (χ0n) is 14.0. The summed E-state index contributed by atoms with van der Waals surface area (Å²) in [5.74, 6) is 1.57. The van der Waals surface area contributed by atoms with E-state index in [-0.39, 0.29) is 6.03 Å². The van der Waals surface area contributed by atoms with Gasteiger partial charge in [0.15, 0.2) is 0 Å². The van der Waals surface area contributed by atoms with Crippen molar-refractivity contribution >= 4 is 11.7 Å². The number of nitrogens with one attached hydrogen (secondary N) is 1. The molecule has 0 saturated heterocycles. The summed E-state index contributed by atoms with van der Waals surface area (Å²) in [5.41, 5.74) is 3.16. The molecular formula is C19H22N2O3. The van der Waals surface area contributed by atoms with Crippen molar-refractivity contribution in [2.75, 3.05) is 25.6 Å². The first-order valence-electron chi connectivity index (χ1n) is 8.14. The third-order valence-corrected chi connectivity index (χ3v) is 4.11. The monoisotopic (exact) mass is 326 g/mol. The molecular weight excluding hydrogens is 304 g/mol. The first-order valence-corrected chi connectivity index (χ1v) is 8.14. The van der Waals surface area contributed by atoms with Crippen LogP contribution >= 0.6 is 0 Å². The molecule has 3 rings (SSSR count). The number of carbonyl (C=O) groups excluding carboxylic acids is 1. The zero-order valence-corrected chi connectivity index (χ0v) is 14.0. The van der Waals surface area contributed by atoms with Gasteiger partial charge in [-0.05, 0) is 48.7 Å². The second kappa shape index (κ2) is 7.25. The second-order valence-corrected chi connectivity index (χ2v) is 5.70. The minimum absolute atomic E-state index is 0.101. The maximum atomic E-state index is 12.5. The van der Waals surface area contributed by atoms with Crippen LogP contribution in [0.15, 0.2) is 42.5 Å². The molecule has 0 bridgehead atoms. The molecule has 1 aliphatic rings. The van der Waals surface area contributed by atoms with E-state index < -0.39 is 0 Å². The molecule has 1 heterocycles. The Morgan fingerprint density at radius 1 is 1.17 bits per heavy atom. The first-order chi connectivity index (χ1) is 11.7.